The van der Waals surface area contributed by atoms with Crippen molar-refractivity contribution in [3.8, 4) is 0 Å². The molecular weight excluding hydrogens is 697 g/mol. The third kappa shape index (κ3) is 10.4. The van der Waals surface area contributed by atoms with E-state index >= 15 is 0 Å². The number of anilines is 2. The Labute approximate surface area is 332 Å². The molecule has 0 unspecified atom stereocenters. The summed E-state index contributed by atoms with van der Waals surface area (Å²) in [6.07, 6.45) is 12.0. The summed E-state index contributed by atoms with van der Waals surface area (Å²) in [4.78, 5) is 45.8. The molecular formula is C39H72N14O2. The van der Waals surface area contributed by atoms with Crippen LogP contribution in [0.2, 0.25) is 0 Å². The maximum atomic E-state index is 13.1. The van der Waals surface area contributed by atoms with Crippen molar-refractivity contribution in [2.24, 2.45) is 0 Å². The van der Waals surface area contributed by atoms with Crippen molar-refractivity contribution in [1.82, 2.24) is 60.8 Å². The summed E-state index contributed by atoms with van der Waals surface area (Å²) in [6, 6.07) is 0.808. The molecule has 2 aliphatic carbocycles. The number of hydrogen-bond acceptors (Lipinski definition) is 14. The Morgan fingerprint density at radius 2 is 1.09 bits per heavy atom. The highest BCUT2D eigenvalue weighted by Gasteiger charge is 2.48. The van der Waals surface area contributed by atoms with E-state index < -0.39 is 11.1 Å². The number of aryl methyl sites for hydroxylation is 2. The molecule has 0 radical (unpaired) electrons. The van der Waals surface area contributed by atoms with Crippen molar-refractivity contribution >= 4 is 23.7 Å². The molecule has 0 bridgehead atoms. The zero-order chi connectivity index (χ0) is 40.2. The first-order valence-corrected chi connectivity index (χ1v) is 20.5. The third-order valence-electron chi connectivity index (χ3n) is 12.1. The van der Waals surface area contributed by atoms with E-state index in [4.69, 9.17) is 0 Å². The van der Waals surface area contributed by atoms with Crippen LogP contribution in [0, 0.1) is 13.8 Å². The van der Waals surface area contributed by atoms with Crippen molar-refractivity contribution in [3.63, 3.8) is 0 Å². The van der Waals surface area contributed by atoms with Crippen LogP contribution in [-0.4, -0.2) is 148 Å². The lowest BCUT2D eigenvalue weighted by Gasteiger charge is -2.54. The minimum absolute atomic E-state index is 0. The molecule has 2 aliphatic heterocycles. The summed E-state index contributed by atoms with van der Waals surface area (Å²) in [7, 11) is 2.04. The van der Waals surface area contributed by atoms with E-state index in [1.54, 1.807) is 0 Å². The lowest BCUT2D eigenvalue weighted by molar-refractivity contribution is -0.157. The Morgan fingerprint density at radius 1 is 0.655 bits per heavy atom. The standard InChI is InChI=1S/C20H35N7O.C19H33N7O.2H2/c1-15-21-18(23-24-22-15)27(16-10-8-7-9-11-16)13-12-26-14-19(2,3)25(6)20(4,5)17(26)28;1-14-20-17(22-24-21-14)26(15-9-7-6-8-10-15)12-11-25-13-18(2,3)23-19(4,5)16(25)27;;/h16H,7-14H2,1-6H3;15,23H,6-13H2,1-5H3;2*1H. The zero-order valence-electron chi connectivity index (χ0n) is 35.6. The summed E-state index contributed by atoms with van der Waals surface area (Å²) in [5.74, 6) is 2.86. The van der Waals surface area contributed by atoms with Crippen molar-refractivity contribution in [3.05, 3.63) is 11.6 Å². The lowest BCUT2D eigenvalue weighted by atomic mass is 9.87. The Hall–Kier alpha value is -3.66. The molecule has 0 spiro atoms. The molecule has 1 N–H and O–H groups in total. The number of carbonyl (C=O) groups is 2. The second-order valence-corrected chi connectivity index (χ2v) is 18.5. The second-order valence-electron chi connectivity index (χ2n) is 18.5. The Kier molecular flexibility index (Phi) is 13.3. The number of piperazine rings is 2. The van der Waals surface area contributed by atoms with Crippen LogP contribution in [0.25, 0.3) is 0 Å². The van der Waals surface area contributed by atoms with Gasteiger partial charge >= 0.3 is 0 Å². The fourth-order valence-electron chi connectivity index (χ4n) is 9.19. The number of likely N-dealkylation sites (N-methyl/N-ethyl adjacent to an activating group) is 1. The second kappa shape index (κ2) is 17.2. The summed E-state index contributed by atoms with van der Waals surface area (Å²) < 4.78 is 0. The van der Waals surface area contributed by atoms with Gasteiger partial charge in [-0.1, -0.05) is 48.7 Å². The van der Waals surface area contributed by atoms with Crippen LogP contribution in [0.1, 0.15) is 134 Å². The number of rotatable bonds is 10. The SMILES string of the molecule is Cc1nnnc(N(CCN2CC(C)(C)N(C)C(C)(C)C2=O)C2CCCCC2)n1.Cc1nnnc(N(CCN2CC(C)(C)NC(C)(C)C2=O)C2CCCCC2)n1.[HH].[HH]. The molecule has 310 valence electrons. The maximum Gasteiger partial charge on any atom is 0.249 e. The van der Waals surface area contributed by atoms with Crippen molar-refractivity contribution in [2.45, 2.75) is 168 Å². The van der Waals surface area contributed by atoms with Crippen LogP contribution < -0.4 is 15.1 Å². The van der Waals surface area contributed by atoms with Crippen LogP contribution in [-0.2, 0) is 9.59 Å². The molecule has 6 rings (SSSR count). The first-order chi connectivity index (χ1) is 25.8. The van der Waals surface area contributed by atoms with Gasteiger partial charge in [-0.2, -0.15) is 9.97 Å². The van der Waals surface area contributed by atoms with E-state index in [-0.39, 0.29) is 25.7 Å². The van der Waals surface area contributed by atoms with Gasteiger partial charge in [0.2, 0.25) is 23.7 Å². The Bertz CT molecular complexity index is 1620. The fraction of sp³-hybridized carbons (Fsp3) is 0.846. The number of hydrogen-bond donors (Lipinski definition) is 1. The number of nitrogens with one attached hydrogen (secondary N) is 1. The van der Waals surface area contributed by atoms with Crippen LogP contribution >= 0.6 is 0 Å². The van der Waals surface area contributed by atoms with Gasteiger partial charge in [0, 0.05) is 65.3 Å². The predicted octanol–water partition coefficient (Wildman–Crippen LogP) is 4.24. The Morgan fingerprint density at radius 3 is 1.53 bits per heavy atom. The van der Waals surface area contributed by atoms with Gasteiger partial charge in [0.25, 0.3) is 0 Å². The van der Waals surface area contributed by atoms with Crippen LogP contribution in [0.3, 0.4) is 0 Å². The van der Waals surface area contributed by atoms with Crippen LogP contribution in [0.4, 0.5) is 11.9 Å². The molecule has 55 heavy (non-hydrogen) atoms. The van der Waals surface area contributed by atoms with Gasteiger partial charge in [0.1, 0.15) is 0 Å². The molecule has 2 saturated carbocycles. The van der Waals surface area contributed by atoms with Gasteiger partial charge < -0.3 is 19.6 Å². The normalized spacial score (nSPS) is 22.9. The zero-order valence-corrected chi connectivity index (χ0v) is 35.6. The predicted molar refractivity (Wildman–Crippen MR) is 218 cm³/mol. The summed E-state index contributed by atoms with van der Waals surface area (Å²) in [6.45, 7) is 24.5. The van der Waals surface area contributed by atoms with Gasteiger partial charge in [0.05, 0.1) is 11.1 Å². The van der Waals surface area contributed by atoms with Gasteiger partial charge in [-0.05, 0) is 112 Å². The van der Waals surface area contributed by atoms with Crippen molar-refractivity contribution in [2.75, 3.05) is 56.1 Å². The van der Waals surface area contributed by atoms with E-state index in [0.717, 1.165) is 38.8 Å². The molecule has 2 amide bonds. The van der Waals surface area contributed by atoms with Crippen LogP contribution in [0.5, 0.6) is 0 Å². The highest BCUT2D eigenvalue weighted by atomic mass is 16.2. The van der Waals surface area contributed by atoms with Crippen molar-refractivity contribution in [1.29, 1.82) is 0 Å². The summed E-state index contributed by atoms with van der Waals surface area (Å²) >= 11 is 0. The van der Waals surface area contributed by atoms with E-state index in [1.807, 2.05) is 58.4 Å². The monoisotopic (exact) mass is 769 g/mol. The van der Waals surface area contributed by atoms with Gasteiger partial charge in [-0.3, -0.25) is 19.8 Å². The van der Waals surface area contributed by atoms with Gasteiger partial charge in [-0.15, -0.1) is 10.2 Å². The molecule has 2 saturated heterocycles. The summed E-state index contributed by atoms with van der Waals surface area (Å²) in [5.41, 5.74) is -1.25. The topological polar surface area (TPSA) is 165 Å². The molecule has 0 atom stereocenters. The molecule has 4 heterocycles. The molecule has 2 aromatic heterocycles. The first kappa shape index (κ1) is 42.5. The third-order valence-corrected chi connectivity index (χ3v) is 12.1. The highest BCUT2D eigenvalue weighted by Crippen LogP contribution is 2.32. The van der Waals surface area contributed by atoms with Crippen molar-refractivity contribution < 1.29 is 12.4 Å². The molecule has 2 aromatic rings. The number of nitrogens with zero attached hydrogens (tertiary/aromatic N) is 13. The molecule has 16 heteroatoms. The van der Waals surface area contributed by atoms with E-state index in [9.17, 15) is 9.59 Å². The number of amides is 2. The van der Waals surface area contributed by atoms with E-state index in [2.05, 4.69) is 88.5 Å². The molecule has 0 aromatic carbocycles. The van der Waals surface area contributed by atoms with Crippen LogP contribution in [0.15, 0.2) is 0 Å². The number of carbonyl (C=O) groups excluding carboxylic acids is 2. The molecule has 4 fully saturated rings. The largest absolute Gasteiger partial charge is 0.338 e. The first-order valence-electron chi connectivity index (χ1n) is 20.5. The van der Waals surface area contributed by atoms with Gasteiger partial charge in [-0.25, -0.2) is 0 Å². The maximum absolute atomic E-state index is 13.1. The lowest BCUT2D eigenvalue weighted by Crippen LogP contribution is -2.70. The minimum Gasteiger partial charge on any atom is -0.338 e. The molecule has 4 aliphatic rings. The van der Waals surface area contributed by atoms with E-state index in [0.29, 0.717) is 61.8 Å². The van der Waals surface area contributed by atoms with E-state index in [1.165, 1.54) is 38.5 Å². The minimum atomic E-state index is -0.553. The number of aromatic nitrogens is 8. The quantitative estimate of drug-likeness (QED) is 0.365. The highest BCUT2D eigenvalue weighted by molar-refractivity contribution is 5.87. The average molecular weight is 769 g/mol. The molecule has 16 nitrogen and oxygen atoms in total. The fourth-order valence-corrected chi connectivity index (χ4v) is 9.19. The van der Waals surface area contributed by atoms with Gasteiger partial charge in [0.15, 0.2) is 11.6 Å². The Balaban J connectivity index is 0.000000295. The summed E-state index contributed by atoms with van der Waals surface area (Å²) in [5, 5.41) is 27.4. The smallest absolute Gasteiger partial charge is 0.249 e. The average Bonchev–Trinajstić information content (AvgIpc) is 3.13.